The molecule has 2 aliphatic rings. The van der Waals surface area contributed by atoms with Crippen LogP contribution < -0.4 is 5.73 Å². The van der Waals surface area contributed by atoms with Crippen LogP contribution >= 0.6 is 0 Å². The molecule has 0 spiro atoms. The van der Waals surface area contributed by atoms with Gasteiger partial charge in [-0.05, 0) is 37.5 Å². The maximum absolute atomic E-state index is 12.7. The average Bonchev–Trinajstić information content (AvgIpc) is 2.39. The van der Waals surface area contributed by atoms with Crippen molar-refractivity contribution in [3.05, 3.63) is 0 Å². The van der Waals surface area contributed by atoms with Gasteiger partial charge in [-0.3, -0.25) is 4.79 Å². The lowest BCUT2D eigenvalue weighted by Gasteiger charge is -2.41. The maximum atomic E-state index is 12.7. The Morgan fingerprint density at radius 1 is 1.37 bits per heavy atom. The van der Waals surface area contributed by atoms with Gasteiger partial charge in [0.15, 0.2) is 0 Å². The first-order valence-corrected chi connectivity index (χ1v) is 7.62. The number of likely N-dealkylation sites (tertiary alicyclic amines) is 1. The Balaban J connectivity index is 1.90. The van der Waals surface area contributed by atoms with E-state index in [0.717, 1.165) is 51.8 Å². The molecule has 2 unspecified atom stereocenters. The highest BCUT2D eigenvalue weighted by Gasteiger charge is 2.41. The molecule has 1 saturated heterocycles. The zero-order valence-electron chi connectivity index (χ0n) is 12.4. The molecular weight excluding hydrogens is 240 g/mol. The first-order chi connectivity index (χ1) is 9.05. The van der Waals surface area contributed by atoms with Crippen LogP contribution in [-0.2, 0) is 9.53 Å². The minimum absolute atomic E-state index is 0.190. The van der Waals surface area contributed by atoms with Crippen LogP contribution in [0.4, 0.5) is 0 Å². The molecule has 0 aromatic carbocycles. The van der Waals surface area contributed by atoms with E-state index in [9.17, 15) is 4.79 Å². The lowest BCUT2D eigenvalue weighted by molar-refractivity contribution is -0.140. The van der Waals surface area contributed by atoms with Crippen molar-refractivity contribution in [2.45, 2.75) is 51.0 Å². The molecular formula is C15H28N2O2. The molecule has 0 bridgehead atoms. The van der Waals surface area contributed by atoms with Gasteiger partial charge in [-0.15, -0.1) is 0 Å². The molecule has 0 aromatic heterocycles. The fraction of sp³-hybridized carbons (Fsp3) is 0.933. The molecule has 1 aliphatic heterocycles. The molecule has 19 heavy (non-hydrogen) atoms. The van der Waals surface area contributed by atoms with Gasteiger partial charge < -0.3 is 15.4 Å². The van der Waals surface area contributed by atoms with Gasteiger partial charge in [0, 0.05) is 26.8 Å². The number of hydrogen-bond donors (Lipinski definition) is 1. The summed E-state index contributed by atoms with van der Waals surface area (Å²) in [5, 5.41) is 0. The van der Waals surface area contributed by atoms with Crippen molar-refractivity contribution < 1.29 is 9.53 Å². The summed E-state index contributed by atoms with van der Waals surface area (Å²) >= 11 is 0. The van der Waals surface area contributed by atoms with Crippen LogP contribution in [0.25, 0.3) is 0 Å². The molecule has 0 radical (unpaired) electrons. The topological polar surface area (TPSA) is 55.6 Å². The Hall–Kier alpha value is -0.610. The molecule has 0 aromatic rings. The molecule has 2 N–H and O–H groups in total. The Kier molecular flexibility index (Phi) is 4.85. The highest BCUT2D eigenvalue weighted by molar-refractivity contribution is 5.86. The molecule has 4 nitrogen and oxygen atoms in total. The van der Waals surface area contributed by atoms with Crippen molar-refractivity contribution in [2.24, 2.45) is 17.6 Å². The quantitative estimate of drug-likeness (QED) is 0.849. The largest absolute Gasteiger partial charge is 0.384 e. The van der Waals surface area contributed by atoms with Crippen molar-refractivity contribution in [2.75, 3.05) is 26.8 Å². The molecule has 1 aliphatic carbocycles. The summed E-state index contributed by atoms with van der Waals surface area (Å²) < 4.78 is 5.20. The van der Waals surface area contributed by atoms with E-state index in [0.29, 0.717) is 11.8 Å². The summed E-state index contributed by atoms with van der Waals surface area (Å²) in [6, 6.07) is 0. The predicted octanol–water partition coefficient (Wildman–Crippen LogP) is 1.78. The highest BCUT2D eigenvalue weighted by atomic mass is 16.5. The third kappa shape index (κ3) is 3.48. The number of carbonyl (C=O) groups is 1. The Morgan fingerprint density at radius 3 is 2.63 bits per heavy atom. The van der Waals surface area contributed by atoms with Crippen LogP contribution in [-0.4, -0.2) is 43.2 Å². The van der Waals surface area contributed by atoms with Gasteiger partial charge in [-0.2, -0.15) is 0 Å². The van der Waals surface area contributed by atoms with Crippen LogP contribution in [0, 0.1) is 11.8 Å². The highest BCUT2D eigenvalue weighted by Crippen LogP contribution is 2.32. The number of hydrogen-bond acceptors (Lipinski definition) is 3. The van der Waals surface area contributed by atoms with E-state index in [1.165, 1.54) is 6.42 Å². The fourth-order valence-corrected chi connectivity index (χ4v) is 3.64. The zero-order chi connectivity index (χ0) is 13.9. The van der Waals surface area contributed by atoms with Gasteiger partial charge >= 0.3 is 0 Å². The van der Waals surface area contributed by atoms with Crippen molar-refractivity contribution in [3.8, 4) is 0 Å². The summed E-state index contributed by atoms with van der Waals surface area (Å²) in [6.45, 7) is 4.71. The maximum Gasteiger partial charge on any atom is 0.242 e. The molecule has 1 heterocycles. The molecule has 110 valence electrons. The molecule has 1 saturated carbocycles. The first-order valence-electron chi connectivity index (χ1n) is 7.62. The average molecular weight is 268 g/mol. The van der Waals surface area contributed by atoms with Crippen molar-refractivity contribution >= 4 is 5.91 Å². The minimum Gasteiger partial charge on any atom is -0.384 e. The van der Waals surface area contributed by atoms with E-state index in [4.69, 9.17) is 10.5 Å². The lowest BCUT2D eigenvalue weighted by Crippen LogP contribution is -2.58. The monoisotopic (exact) mass is 268 g/mol. The van der Waals surface area contributed by atoms with Crippen LogP contribution in [0.1, 0.15) is 45.4 Å². The van der Waals surface area contributed by atoms with Crippen LogP contribution in [0.5, 0.6) is 0 Å². The Labute approximate surface area is 116 Å². The van der Waals surface area contributed by atoms with Gasteiger partial charge in [0.05, 0.1) is 5.54 Å². The summed E-state index contributed by atoms with van der Waals surface area (Å²) in [5.74, 6) is 1.37. The minimum atomic E-state index is -0.592. The fourth-order valence-electron chi connectivity index (χ4n) is 3.64. The lowest BCUT2D eigenvalue weighted by atomic mass is 9.76. The zero-order valence-corrected chi connectivity index (χ0v) is 12.4. The van der Waals surface area contributed by atoms with Crippen molar-refractivity contribution in [1.29, 1.82) is 0 Å². The number of carbonyl (C=O) groups excluding carboxylic acids is 1. The Morgan fingerprint density at radius 2 is 2.05 bits per heavy atom. The van der Waals surface area contributed by atoms with E-state index in [1.54, 1.807) is 7.11 Å². The second kappa shape index (κ2) is 6.23. The third-order valence-electron chi connectivity index (χ3n) is 4.76. The summed E-state index contributed by atoms with van der Waals surface area (Å²) in [5.41, 5.74) is 5.81. The predicted molar refractivity (Wildman–Crippen MR) is 75.7 cm³/mol. The first kappa shape index (κ1) is 14.8. The summed E-state index contributed by atoms with van der Waals surface area (Å²) in [4.78, 5) is 14.6. The number of rotatable bonds is 3. The van der Waals surface area contributed by atoms with Gasteiger partial charge in [0.1, 0.15) is 0 Å². The normalized spacial score (nSPS) is 33.4. The van der Waals surface area contributed by atoms with Crippen LogP contribution in [0.3, 0.4) is 0 Å². The molecule has 2 fully saturated rings. The smallest absolute Gasteiger partial charge is 0.242 e. The standard InChI is InChI=1S/C15H28N2O2/c1-12-4-3-7-15(16,10-12)14(18)17-8-5-13(6-9-17)11-19-2/h12-13H,3-11,16H2,1-2H3. The number of nitrogens with two attached hydrogens (primary N) is 1. The van der Waals surface area contributed by atoms with Crippen molar-refractivity contribution in [3.63, 3.8) is 0 Å². The second-order valence-electron chi connectivity index (χ2n) is 6.55. The van der Waals surface area contributed by atoms with Gasteiger partial charge in [-0.1, -0.05) is 19.8 Å². The number of piperidine rings is 1. The molecule has 4 heteroatoms. The molecule has 2 atom stereocenters. The van der Waals surface area contributed by atoms with E-state index in [-0.39, 0.29) is 5.91 Å². The second-order valence-corrected chi connectivity index (χ2v) is 6.55. The van der Waals surface area contributed by atoms with E-state index >= 15 is 0 Å². The van der Waals surface area contributed by atoms with Crippen LogP contribution in [0.15, 0.2) is 0 Å². The van der Waals surface area contributed by atoms with Gasteiger partial charge in [0.2, 0.25) is 5.91 Å². The Bertz CT molecular complexity index is 313. The summed E-state index contributed by atoms with van der Waals surface area (Å²) in [6.07, 6.45) is 6.10. The van der Waals surface area contributed by atoms with E-state index < -0.39 is 5.54 Å². The number of ether oxygens (including phenoxy) is 1. The third-order valence-corrected chi connectivity index (χ3v) is 4.76. The number of amides is 1. The van der Waals surface area contributed by atoms with Gasteiger partial charge in [0.25, 0.3) is 0 Å². The van der Waals surface area contributed by atoms with Crippen LogP contribution in [0.2, 0.25) is 0 Å². The number of nitrogens with zero attached hydrogens (tertiary/aromatic N) is 1. The molecule has 2 rings (SSSR count). The van der Waals surface area contributed by atoms with E-state index in [2.05, 4.69) is 6.92 Å². The van der Waals surface area contributed by atoms with Crippen molar-refractivity contribution in [1.82, 2.24) is 4.90 Å². The SMILES string of the molecule is COCC1CCN(C(=O)C2(N)CCCC(C)C2)CC1. The molecule has 1 amide bonds. The van der Waals surface area contributed by atoms with Gasteiger partial charge in [-0.25, -0.2) is 0 Å². The summed E-state index contributed by atoms with van der Waals surface area (Å²) in [7, 11) is 1.75. The number of methoxy groups -OCH3 is 1. The van der Waals surface area contributed by atoms with E-state index in [1.807, 2.05) is 4.90 Å².